The molecule has 0 amide bonds. The van der Waals surface area contributed by atoms with Gasteiger partial charge in [0.2, 0.25) is 5.95 Å². The van der Waals surface area contributed by atoms with Crippen LogP contribution in [0.25, 0.3) is 0 Å². The van der Waals surface area contributed by atoms with Gasteiger partial charge < -0.3 is 4.74 Å². The van der Waals surface area contributed by atoms with E-state index in [1.807, 2.05) is 0 Å². The highest BCUT2D eigenvalue weighted by atomic mass is 127. The quantitative estimate of drug-likeness (QED) is 0.480. The van der Waals surface area contributed by atoms with E-state index in [4.69, 9.17) is 0 Å². The van der Waals surface area contributed by atoms with Crippen LogP contribution >= 0.6 is 22.6 Å². The largest absolute Gasteiger partial charge is 0.469 e. The number of carbonyl (C=O) groups is 1. The summed E-state index contributed by atoms with van der Waals surface area (Å²) in [6, 6.07) is 0.936. The molecule has 1 heterocycles. The Kier molecular flexibility index (Phi) is 4.51. The summed E-state index contributed by atoms with van der Waals surface area (Å²) in [4.78, 5) is 14.3. The zero-order chi connectivity index (χ0) is 12.3. The lowest BCUT2D eigenvalue weighted by Gasteiger charge is -2.07. The molecule has 0 bridgehead atoms. The number of hydrogen-bond donors (Lipinski definition) is 0. The van der Waals surface area contributed by atoms with E-state index in [1.54, 1.807) is 22.6 Å². The minimum atomic E-state index is -2.96. The molecule has 0 aromatic carbocycles. The van der Waals surface area contributed by atoms with Crippen molar-refractivity contribution < 1.29 is 22.7 Å². The Labute approximate surface area is 103 Å². The summed E-state index contributed by atoms with van der Waals surface area (Å²) in [6.45, 7) is 0. The van der Waals surface area contributed by atoms with Gasteiger partial charge in [-0.25, -0.2) is 13.8 Å². The number of carbonyl (C=O) groups excluding carboxylic acids is 1. The Morgan fingerprint density at radius 1 is 1.62 bits per heavy atom. The van der Waals surface area contributed by atoms with Crippen LogP contribution in [-0.4, -0.2) is 18.1 Å². The fraction of sp³-hybridized carbons (Fsp3) is 0.333. The van der Waals surface area contributed by atoms with Crippen LogP contribution in [0.4, 0.5) is 13.2 Å². The SMILES string of the molecule is COC(=O)Cc1cc(C(F)F)c(F)nc1I. The number of ether oxygens (including phenoxy) is 1. The van der Waals surface area contributed by atoms with E-state index in [9.17, 15) is 18.0 Å². The van der Waals surface area contributed by atoms with Gasteiger partial charge in [0.15, 0.2) is 0 Å². The number of methoxy groups -OCH3 is 1. The molecule has 0 aliphatic rings. The van der Waals surface area contributed by atoms with E-state index in [0.717, 1.165) is 6.07 Å². The molecule has 0 aliphatic heterocycles. The van der Waals surface area contributed by atoms with Gasteiger partial charge in [0, 0.05) is 0 Å². The Morgan fingerprint density at radius 2 is 2.25 bits per heavy atom. The van der Waals surface area contributed by atoms with Crippen molar-refractivity contribution in [3.05, 3.63) is 26.8 Å². The summed E-state index contributed by atoms with van der Waals surface area (Å²) in [5.74, 6) is -1.81. The van der Waals surface area contributed by atoms with Crippen molar-refractivity contribution in [2.45, 2.75) is 12.8 Å². The standard InChI is InChI=1S/C9H7F3INO2/c1-16-6(15)3-4-2-5(7(10)11)8(12)14-9(4)13/h2,7H,3H2,1H3. The molecule has 0 saturated carbocycles. The molecule has 0 unspecified atom stereocenters. The Morgan fingerprint density at radius 3 is 2.75 bits per heavy atom. The first-order chi connectivity index (χ1) is 7.45. The van der Waals surface area contributed by atoms with Crippen LogP contribution in [0.2, 0.25) is 0 Å². The maximum Gasteiger partial charge on any atom is 0.310 e. The highest BCUT2D eigenvalue weighted by Crippen LogP contribution is 2.24. The third-order valence-corrected chi connectivity index (χ3v) is 2.76. The third-order valence-electron chi connectivity index (χ3n) is 1.83. The van der Waals surface area contributed by atoms with Crippen LogP contribution in [0, 0.1) is 9.65 Å². The first-order valence-corrected chi connectivity index (χ1v) is 5.23. The summed E-state index contributed by atoms with van der Waals surface area (Å²) in [7, 11) is 1.18. The van der Waals surface area contributed by atoms with Crippen LogP contribution in [-0.2, 0) is 16.0 Å². The average molecular weight is 345 g/mol. The molecule has 0 aliphatic carbocycles. The van der Waals surface area contributed by atoms with E-state index < -0.39 is 23.9 Å². The predicted octanol–water partition coefficient (Wildman–Crippen LogP) is 2.48. The molecule has 0 fully saturated rings. The Bertz CT molecular complexity index is 412. The highest BCUT2D eigenvalue weighted by Gasteiger charge is 2.19. The predicted molar refractivity (Wildman–Crippen MR) is 57.6 cm³/mol. The first kappa shape index (κ1) is 13.2. The van der Waals surface area contributed by atoms with Crippen molar-refractivity contribution in [2.75, 3.05) is 7.11 Å². The lowest BCUT2D eigenvalue weighted by atomic mass is 10.1. The van der Waals surface area contributed by atoms with E-state index in [2.05, 4.69) is 9.72 Å². The van der Waals surface area contributed by atoms with Crippen LogP contribution in [0.1, 0.15) is 17.6 Å². The van der Waals surface area contributed by atoms with Crippen molar-refractivity contribution in [2.24, 2.45) is 0 Å². The van der Waals surface area contributed by atoms with Crippen molar-refractivity contribution in [3.63, 3.8) is 0 Å². The van der Waals surface area contributed by atoms with Gasteiger partial charge in [-0.3, -0.25) is 4.79 Å². The van der Waals surface area contributed by atoms with Crippen LogP contribution in [0.3, 0.4) is 0 Å². The minimum absolute atomic E-state index is 0.171. The lowest BCUT2D eigenvalue weighted by Crippen LogP contribution is -2.09. The molecule has 0 radical (unpaired) electrons. The summed E-state index contributed by atoms with van der Waals surface area (Å²) >= 11 is 1.67. The number of hydrogen-bond acceptors (Lipinski definition) is 3. The van der Waals surface area contributed by atoms with Gasteiger partial charge in [-0.15, -0.1) is 0 Å². The van der Waals surface area contributed by atoms with E-state index in [-0.39, 0.29) is 15.7 Å². The number of esters is 1. The number of halogens is 4. The molecule has 0 spiro atoms. The monoisotopic (exact) mass is 345 g/mol. The normalized spacial score (nSPS) is 10.6. The van der Waals surface area contributed by atoms with Gasteiger partial charge in [-0.1, -0.05) is 0 Å². The molecule has 0 N–H and O–H groups in total. The second kappa shape index (κ2) is 5.46. The number of alkyl halides is 2. The zero-order valence-corrected chi connectivity index (χ0v) is 10.3. The van der Waals surface area contributed by atoms with E-state index in [0.29, 0.717) is 0 Å². The van der Waals surface area contributed by atoms with Gasteiger partial charge in [-0.05, 0) is 34.2 Å². The third kappa shape index (κ3) is 3.06. The topological polar surface area (TPSA) is 39.2 Å². The molecule has 0 atom stereocenters. The van der Waals surface area contributed by atoms with E-state index in [1.165, 1.54) is 7.11 Å². The zero-order valence-electron chi connectivity index (χ0n) is 8.14. The Hall–Kier alpha value is -0.860. The molecule has 7 heteroatoms. The number of aromatic nitrogens is 1. The fourth-order valence-electron chi connectivity index (χ4n) is 1.03. The van der Waals surface area contributed by atoms with Crippen molar-refractivity contribution in [1.82, 2.24) is 4.98 Å². The number of pyridine rings is 1. The lowest BCUT2D eigenvalue weighted by molar-refractivity contribution is -0.139. The summed E-state index contributed by atoms with van der Waals surface area (Å²) in [5, 5.41) is 0. The molecule has 88 valence electrons. The molecule has 1 aromatic heterocycles. The van der Waals surface area contributed by atoms with Gasteiger partial charge >= 0.3 is 5.97 Å². The molecule has 3 nitrogen and oxygen atoms in total. The van der Waals surface area contributed by atoms with Gasteiger partial charge in [0.25, 0.3) is 6.43 Å². The molecular weight excluding hydrogens is 338 g/mol. The smallest absolute Gasteiger partial charge is 0.310 e. The van der Waals surface area contributed by atoms with Crippen molar-refractivity contribution in [3.8, 4) is 0 Å². The van der Waals surface area contributed by atoms with Gasteiger partial charge in [-0.2, -0.15) is 4.39 Å². The summed E-state index contributed by atoms with van der Waals surface area (Å²) in [5.41, 5.74) is -0.580. The second-order valence-electron chi connectivity index (χ2n) is 2.87. The highest BCUT2D eigenvalue weighted by molar-refractivity contribution is 14.1. The maximum absolute atomic E-state index is 13.0. The fourth-order valence-corrected chi connectivity index (χ4v) is 1.59. The van der Waals surface area contributed by atoms with Crippen molar-refractivity contribution in [1.29, 1.82) is 0 Å². The summed E-state index contributed by atoms with van der Waals surface area (Å²) < 4.78 is 42.3. The van der Waals surface area contributed by atoms with Crippen LogP contribution in [0.15, 0.2) is 6.07 Å². The second-order valence-corrected chi connectivity index (χ2v) is 3.89. The number of rotatable bonds is 3. The van der Waals surface area contributed by atoms with Crippen molar-refractivity contribution >= 4 is 28.6 Å². The van der Waals surface area contributed by atoms with Gasteiger partial charge in [0.05, 0.1) is 19.1 Å². The minimum Gasteiger partial charge on any atom is -0.469 e. The molecule has 1 rings (SSSR count). The summed E-state index contributed by atoms with van der Waals surface area (Å²) in [6.07, 6.45) is -3.16. The Balaban J connectivity index is 3.09. The molecule has 16 heavy (non-hydrogen) atoms. The van der Waals surface area contributed by atoms with Crippen LogP contribution < -0.4 is 0 Å². The molecule has 1 aromatic rings. The number of nitrogens with zero attached hydrogens (tertiary/aromatic N) is 1. The van der Waals surface area contributed by atoms with E-state index >= 15 is 0 Å². The molecular formula is C9H7F3INO2. The van der Waals surface area contributed by atoms with Gasteiger partial charge in [0.1, 0.15) is 3.70 Å². The first-order valence-electron chi connectivity index (χ1n) is 4.15. The van der Waals surface area contributed by atoms with Crippen LogP contribution in [0.5, 0.6) is 0 Å². The maximum atomic E-state index is 13.0. The molecule has 0 saturated heterocycles. The average Bonchev–Trinajstić information content (AvgIpc) is 2.21.